The van der Waals surface area contributed by atoms with E-state index in [4.69, 9.17) is 4.98 Å². The number of benzene rings is 3. The van der Waals surface area contributed by atoms with E-state index in [0.29, 0.717) is 6.54 Å². The fourth-order valence-electron chi connectivity index (χ4n) is 4.72. The molecule has 6 heteroatoms. The molecule has 0 bridgehead atoms. The van der Waals surface area contributed by atoms with Crippen LogP contribution in [-0.2, 0) is 11.3 Å². The van der Waals surface area contributed by atoms with Gasteiger partial charge in [0.05, 0.1) is 17.6 Å². The van der Waals surface area contributed by atoms with Gasteiger partial charge in [0.2, 0.25) is 11.9 Å². The number of aryl methyl sites for hydroxylation is 2. The van der Waals surface area contributed by atoms with Gasteiger partial charge in [0.15, 0.2) is 0 Å². The maximum Gasteiger partial charge on any atom is 0.227 e. The van der Waals surface area contributed by atoms with Gasteiger partial charge in [0.1, 0.15) is 5.82 Å². The highest BCUT2D eigenvalue weighted by Crippen LogP contribution is 2.29. The highest BCUT2D eigenvalue weighted by atomic mass is 19.1. The summed E-state index contributed by atoms with van der Waals surface area (Å²) in [6.07, 6.45) is 1.53. The maximum absolute atomic E-state index is 13.8. The van der Waals surface area contributed by atoms with E-state index < -0.39 is 0 Å². The lowest BCUT2D eigenvalue weighted by Crippen LogP contribution is -2.39. The van der Waals surface area contributed by atoms with Crippen molar-refractivity contribution in [3.63, 3.8) is 0 Å². The predicted octanol–water partition coefficient (Wildman–Crippen LogP) is 5.70. The zero-order chi connectivity index (χ0) is 23.7. The van der Waals surface area contributed by atoms with Gasteiger partial charge in [-0.3, -0.25) is 4.79 Å². The van der Waals surface area contributed by atoms with E-state index in [0.717, 1.165) is 65.3 Å². The van der Waals surface area contributed by atoms with Crippen molar-refractivity contribution in [3.8, 4) is 0 Å². The van der Waals surface area contributed by atoms with Crippen molar-refractivity contribution >= 4 is 28.6 Å². The molecular weight excluding hydrogens is 427 g/mol. The fourth-order valence-corrected chi connectivity index (χ4v) is 4.72. The van der Waals surface area contributed by atoms with Crippen LogP contribution in [0.3, 0.4) is 0 Å². The number of carbonyl (C=O) groups is 1. The summed E-state index contributed by atoms with van der Waals surface area (Å²) in [5.74, 6) is 0.691. The minimum absolute atomic E-state index is 0.0304. The molecule has 1 saturated heterocycles. The van der Waals surface area contributed by atoms with Gasteiger partial charge in [0, 0.05) is 24.7 Å². The predicted molar refractivity (Wildman–Crippen MR) is 135 cm³/mol. The summed E-state index contributed by atoms with van der Waals surface area (Å²) in [5.41, 5.74) is 5.94. The van der Waals surface area contributed by atoms with Crippen LogP contribution in [0.1, 0.15) is 29.5 Å². The number of hydrogen-bond acceptors (Lipinski definition) is 3. The second-order valence-corrected chi connectivity index (χ2v) is 9.19. The van der Waals surface area contributed by atoms with Gasteiger partial charge in [0.25, 0.3) is 0 Å². The minimum atomic E-state index is -0.237. The van der Waals surface area contributed by atoms with Crippen molar-refractivity contribution in [2.24, 2.45) is 5.92 Å². The second-order valence-electron chi connectivity index (χ2n) is 9.19. The van der Waals surface area contributed by atoms with Crippen molar-refractivity contribution in [2.75, 3.05) is 23.3 Å². The largest absolute Gasteiger partial charge is 0.342 e. The SMILES string of the molecule is Cc1ccc(C)c(NC(=O)C2CCN(c3nc4ccccc4n3Cc3cccc(F)c3)CC2)c1. The summed E-state index contributed by atoms with van der Waals surface area (Å²) in [5, 5.41) is 3.13. The Kier molecular flexibility index (Phi) is 6.05. The molecule has 0 unspecified atom stereocenters. The average Bonchev–Trinajstić information content (AvgIpc) is 3.20. The van der Waals surface area contributed by atoms with Gasteiger partial charge < -0.3 is 14.8 Å². The lowest BCUT2D eigenvalue weighted by Gasteiger charge is -2.32. The maximum atomic E-state index is 13.8. The van der Waals surface area contributed by atoms with E-state index in [1.54, 1.807) is 12.1 Å². The first-order valence-electron chi connectivity index (χ1n) is 11.8. The number of carbonyl (C=O) groups excluding carboxylic acids is 1. The number of imidazole rings is 1. The first-order chi connectivity index (χ1) is 16.5. The normalized spacial score (nSPS) is 14.5. The van der Waals surface area contributed by atoms with Crippen LogP contribution in [0.5, 0.6) is 0 Å². The Morgan fingerprint density at radius 3 is 2.62 bits per heavy atom. The van der Waals surface area contributed by atoms with E-state index in [-0.39, 0.29) is 17.6 Å². The van der Waals surface area contributed by atoms with E-state index in [9.17, 15) is 9.18 Å². The molecule has 0 atom stereocenters. The first-order valence-corrected chi connectivity index (χ1v) is 11.8. The standard InChI is InChI=1S/C28H29FN4O/c1-19-10-11-20(2)25(16-19)30-27(34)22-12-14-32(15-13-22)28-31-24-8-3-4-9-26(24)33(28)18-21-6-5-7-23(29)17-21/h3-11,16-17,22H,12-15,18H2,1-2H3,(H,30,34). The van der Waals surface area contributed by atoms with Crippen molar-refractivity contribution in [3.05, 3.63) is 89.2 Å². The number of anilines is 2. The zero-order valence-electron chi connectivity index (χ0n) is 19.6. The van der Waals surface area contributed by atoms with Gasteiger partial charge in [-0.25, -0.2) is 9.37 Å². The summed E-state index contributed by atoms with van der Waals surface area (Å²) in [6, 6.07) is 20.9. The number of rotatable bonds is 5. The Hall–Kier alpha value is -3.67. The third-order valence-electron chi connectivity index (χ3n) is 6.66. The van der Waals surface area contributed by atoms with Crippen LogP contribution in [0.4, 0.5) is 16.0 Å². The molecule has 3 aromatic carbocycles. The number of aromatic nitrogens is 2. The molecule has 174 valence electrons. The molecule has 0 spiro atoms. The lowest BCUT2D eigenvalue weighted by molar-refractivity contribution is -0.120. The van der Waals surface area contributed by atoms with Crippen LogP contribution in [-0.4, -0.2) is 28.5 Å². The summed E-state index contributed by atoms with van der Waals surface area (Å²) in [6.45, 7) is 6.08. The number of halogens is 1. The topological polar surface area (TPSA) is 50.2 Å². The van der Waals surface area contributed by atoms with Crippen molar-refractivity contribution in [1.29, 1.82) is 0 Å². The molecule has 1 N–H and O–H groups in total. The molecular formula is C28H29FN4O. The number of para-hydroxylation sites is 2. The molecule has 0 radical (unpaired) electrons. The van der Waals surface area contributed by atoms with E-state index in [1.807, 2.05) is 50.2 Å². The minimum Gasteiger partial charge on any atom is -0.342 e. The smallest absolute Gasteiger partial charge is 0.227 e. The highest BCUT2D eigenvalue weighted by Gasteiger charge is 2.28. The number of amides is 1. The fraction of sp³-hybridized carbons (Fsp3) is 0.286. The molecule has 0 saturated carbocycles. The summed E-state index contributed by atoms with van der Waals surface area (Å²) >= 11 is 0. The van der Waals surface area contributed by atoms with Crippen LogP contribution in [0, 0.1) is 25.6 Å². The molecule has 4 aromatic rings. The van der Waals surface area contributed by atoms with Crippen LogP contribution >= 0.6 is 0 Å². The van der Waals surface area contributed by atoms with Crippen LogP contribution < -0.4 is 10.2 Å². The molecule has 2 heterocycles. The van der Waals surface area contributed by atoms with Crippen LogP contribution in [0.2, 0.25) is 0 Å². The number of nitrogens with zero attached hydrogens (tertiary/aromatic N) is 3. The monoisotopic (exact) mass is 456 g/mol. The van der Waals surface area contributed by atoms with E-state index >= 15 is 0 Å². The molecule has 34 heavy (non-hydrogen) atoms. The quantitative estimate of drug-likeness (QED) is 0.419. The van der Waals surface area contributed by atoms with Crippen LogP contribution in [0.15, 0.2) is 66.7 Å². The Balaban J connectivity index is 1.33. The van der Waals surface area contributed by atoms with Gasteiger partial charge in [-0.15, -0.1) is 0 Å². The molecule has 0 aliphatic carbocycles. The molecule has 5 nitrogen and oxygen atoms in total. The van der Waals surface area contributed by atoms with Crippen molar-refractivity contribution in [1.82, 2.24) is 9.55 Å². The third kappa shape index (κ3) is 4.53. The average molecular weight is 457 g/mol. The Labute approximate surface area is 199 Å². The lowest BCUT2D eigenvalue weighted by atomic mass is 9.95. The van der Waals surface area contributed by atoms with Crippen molar-refractivity contribution < 1.29 is 9.18 Å². The Bertz CT molecular complexity index is 1340. The van der Waals surface area contributed by atoms with Gasteiger partial charge >= 0.3 is 0 Å². The van der Waals surface area contributed by atoms with E-state index in [1.165, 1.54) is 6.07 Å². The van der Waals surface area contributed by atoms with Crippen molar-refractivity contribution in [2.45, 2.75) is 33.2 Å². The molecule has 1 aliphatic rings. The summed E-state index contributed by atoms with van der Waals surface area (Å²) in [4.78, 5) is 20.1. The molecule has 1 fully saturated rings. The van der Waals surface area contributed by atoms with E-state index in [2.05, 4.69) is 26.9 Å². The number of fused-ring (bicyclic) bond motifs is 1. The number of nitrogens with one attached hydrogen (secondary N) is 1. The number of piperidine rings is 1. The van der Waals surface area contributed by atoms with Gasteiger partial charge in [-0.1, -0.05) is 36.4 Å². The Morgan fingerprint density at radius 1 is 1.03 bits per heavy atom. The van der Waals surface area contributed by atoms with Gasteiger partial charge in [-0.2, -0.15) is 0 Å². The second kappa shape index (κ2) is 9.29. The molecule has 1 aromatic heterocycles. The zero-order valence-corrected chi connectivity index (χ0v) is 19.6. The summed E-state index contributed by atoms with van der Waals surface area (Å²) < 4.78 is 16.0. The third-order valence-corrected chi connectivity index (χ3v) is 6.66. The Morgan fingerprint density at radius 2 is 1.82 bits per heavy atom. The highest BCUT2D eigenvalue weighted by molar-refractivity contribution is 5.93. The molecule has 5 rings (SSSR count). The summed E-state index contributed by atoms with van der Waals surface area (Å²) in [7, 11) is 0. The molecule has 1 aliphatic heterocycles. The number of hydrogen-bond donors (Lipinski definition) is 1. The van der Waals surface area contributed by atoms with Gasteiger partial charge in [-0.05, 0) is 73.7 Å². The molecule has 1 amide bonds. The van der Waals surface area contributed by atoms with Crippen LogP contribution in [0.25, 0.3) is 11.0 Å². The first kappa shape index (κ1) is 22.1.